The Morgan fingerprint density at radius 1 is 1.47 bits per heavy atom. The first-order valence-electron chi connectivity index (χ1n) is 5.92. The first-order valence-corrected chi connectivity index (χ1v) is 5.92. The fourth-order valence-corrected chi connectivity index (χ4v) is 1.80. The Bertz CT molecular complexity index is 402. The normalized spacial score (nSPS) is 12.5. The number of nitrogens with one attached hydrogen (secondary N) is 1. The Balaban J connectivity index is 2.94. The molecule has 94 valence electrons. The summed E-state index contributed by atoms with van der Waals surface area (Å²) in [6, 6.07) is 3.47. The van der Waals surface area contributed by atoms with Crippen LogP contribution in [0, 0.1) is 12.8 Å². The van der Waals surface area contributed by atoms with Gasteiger partial charge in [-0.2, -0.15) is 0 Å². The van der Waals surface area contributed by atoms with Crippen LogP contribution in [0.15, 0.2) is 12.1 Å². The summed E-state index contributed by atoms with van der Waals surface area (Å²) in [5.74, 6) is 0.203. The number of pyridine rings is 1. The van der Waals surface area contributed by atoms with Crippen molar-refractivity contribution in [2.24, 2.45) is 5.92 Å². The van der Waals surface area contributed by atoms with Crippen LogP contribution in [0.25, 0.3) is 0 Å². The molecule has 0 radical (unpaired) electrons. The summed E-state index contributed by atoms with van der Waals surface area (Å²) in [6.45, 7) is 8.17. The highest BCUT2D eigenvalue weighted by molar-refractivity contribution is 5.88. The second kappa shape index (κ2) is 5.66. The maximum absolute atomic E-state index is 10.9. The van der Waals surface area contributed by atoms with E-state index in [-0.39, 0.29) is 5.56 Å². The van der Waals surface area contributed by atoms with E-state index < -0.39 is 5.97 Å². The van der Waals surface area contributed by atoms with Crippen molar-refractivity contribution in [3.63, 3.8) is 0 Å². The largest absolute Gasteiger partial charge is 0.478 e. The minimum atomic E-state index is -0.920. The molecule has 1 heterocycles. The van der Waals surface area contributed by atoms with E-state index in [0.29, 0.717) is 23.5 Å². The van der Waals surface area contributed by atoms with E-state index >= 15 is 0 Å². The van der Waals surface area contributed by atoms with Crippen LogP contribution in [0.3, 0.4) is 0 Å². The zero-order valence-electron chi connectivity index (χ0n) is 10.8. The predicted molar refractivity (Wildman–Crippen MR) is 68.5 cm³/mol. The number of anilines is 1. The van der Waals surface area contributed by atoms with Crippen LogP contribution in [-0.2, 0) is 0 Å². The minimum Gasteiger partial charge on any atom is -0.478 e. The average Bonchev–Trinajstić information content (AvgIpc) is 2.24. The second-order valence-corrected chi connectivity index (χ2v) is 4.59. The Labute approximate surface area is 102 Å². The van der Waals surface area contributed by atoms with Gasteiger partial charge in [0.25, 0.3) is 0 Å². The van der Waals surface area contributed by atoms with Gasteiger partial charge in [-0.05, 0) is 31.4 Å². The number of carboxylic acids is 1. The number of aromatic nitrogens is 1. The molecule has 2 N–H and O–H groups in total. The molecule has 1 aromatic heterocycles. The molecule has 4 heteroatoms. The first kappa shape index (κ1) is 13.5. The predicted octanol–water partition coefficient (Wildman–Crippen LogP) is 2.93. The molecule has 0 amide bonds. The molecule has 0 aliphatic rings. The number of carbonyl (C=O) groups is 1. The summed E-state index contributed by atoms with van der Waals surface area (Å²) in [7, 11) is 0. The van der Waals surface area contributed by atoms with Gasteiger partial charge in [0.05, 0.1) is 5.56 Å². The van der Waals surface area contributed by atoms with Gasteiger partial charge in [-0.25, -0.2) is 9.78 Å². The quantitative estimate of drug-likeness (QED) is 0.825. The van der Waals surface area contributed by atoms with Crippen molar-refractivity contribution in [3.8, 4) is 0 Å². The molecule has 1 atom stereocenters. The van der Waals surface area contributed by atoms with Crippen molar-refractivity contribution >= 4 is 11.8 Å². The van der Waals surface area contributed by atoms with E-state index in [1.807, 2.05) is 0 Å². The third kappa shape index (κ3) is 3.73. The summed E-state index contributed by atoms with van der Waals surface area (Å²) in [6.07, 6.45) is 0.982. The zero-order chi connectivity index (χ0) is 13.0. The third-order valence-electron chi connectivity index (χ3n) is 2.78. The van der Waals surface area contributed by atoms with Crippen LogP contribution in [0.2, 0.25) is 0 Å². The molecule has 0 saturated carbocycles. The number of hydrogen-bond donors (Lipinski definition) is 2. The van der Waals surface area contributed by atoms with E-state index in [1.54, 1.807) is 19.1 Å². The Hall–Kier alpha value is -1.58. The average molecular weight is 236 g/mol. The minimum absolute atomic E-state index is 0.276. The van der Waals surface area contributed by atoms with Crippen LogP contribution in [0.1, 0.15) is 43.2 Å². The molecule has 0 fully saturated rings. The Kier molecular flexibility index (Phi) is 4.49. The van der Waals surface area contributed by atoms with Gasteiger partial charge in [0.1, 0.15) is 5.82 Å². The van der Waals surface area contributed by atoms with Crippen molar-refractivity contribution < 1.29 is 9.90 Å². The monoisotopic (exact) mass is 236 g/mol. The number of hydrogen-bond acceptors (Lipinski definition) is 3. The Morgan fingerprint density at radius 2 is 2.12 bits per heavy atom. The smallest absolute Gasteiger partial charge is 0.335 e. The van der Waals surface area contributed by atoms with Crippen molar-refractivity contribution in [1.29, 1.82) is 0 Å². The third-order valence-corrected chi connectivity index (χ3v) is 2.78. The van der Waals surface area contributed by atoms with Gasteiger partial charge in [0.15, 0.2) is 0 Å². The first-order chi connectivity index (χ1) is 7.93. The van der Waals surface area contributed by atoms with E-state index in [2.05, 4.69) is 31.1 Å². The summed E-state index contributed by atoms with van der Waals surface area (Å²) < 4.78 is 0. The lowest BCUT2D eigenvalue weighted by Gasteiger charge is -2.21. The van der Waals surface area contributed by atoms with Gasteiger partial charge in [0, 0.05) is 11.7 Å². The molecule has 0 aromatic carbocycles. The fraction of sp³-hybridized carbons (Fsp3) is 0.538. The SMILES string of the molecule is CCC(Nc1cc(C(=O)O)cc(C)n1)C(C)C. The van der Waals surface area contributed by atoms with E-state index in [9.17, 15) is 4.79 Å². The highest BCUT2D eigenvalue weighted by Gasteiger charge is 2.13. The topological polar surface area (TPSA) is 62.2 Å². The van der Waals surface area contributed by atoms with E-state index in [4.69, 9.17) is 5.11 Å². The molecule has 0 spiro atoms. The molecule has 1 aromatic rings. The number of aromatic carboxylic acids is 1. The molecule has 17 heavy (non-hydrogen) atoms. The van der Waals surface area contributed by atoms with Crippen LogP contribution < -0.4 is 5.32 Å². The molecule has 1 unspecified atom stereocenters. The number of rotatable bonds is 5. The second-order valence-electron chi connectivity index (χ2n) is 4.59. The van der Waals surface area contributed by atoms with Crippen molar-refractivity contribution in [1.82, 2.24) is 4.98 Å². The molecule has 1 rings (SSSR count). The number of carboxylic acid groups (broad SMARTS) is 1. The van der Waals surface area contributed by atoms with Crippen molar-refractivity contribution in [3.05, 3.63) is 23.4 Å². The molecule has 0 aliphatic carbocycles. The molecular weight excluding hydrogens is 216 g/mol. The standard InChI is InChI=1S/C13H20N2O2/c1-5-11(8(2)3)15-12-7-10(13(16)17)6-9(4)14-12/h6-8,11H,5H2,1-4H3,(H,14,15)(H,16,17). The molecule has 0 saturated heterocycles. The number of aryl methyl sites for hydroxylation is 1. The molecule has 0 bridgehead atoms. The van der Waals surface area contributed by atoms with Gasteiger partial charge in [-0.3, -0.25) is 0 Å². The lowest BCUT2D eigenvalue weighted by molar-refractivity contribution is 0.0696. The maximum atomic E-state index is 10.9. The summed E-state index contributed by atoms with van der Waals surface area (Å²) >= 11 is 0. The van der Waals surface area contributed by atoms with Crippen LogP contribution in [0.5, 0.6) is 0 Å². The van der Waals surface area contributed by atoms with Gasteiger partial charge in [-0.1, -0.05) is 20.8 Å². The highest BCUT2D eigenvalue weighted by atomic mass is 16.4. The Morgan fingerprint density at radius 3 is 2.59 bits per heavy atom. The van der Waals surface area contributed by atoms with Crippen LogP contribution in [0.4, 0.5) is 5.82 Å². The summed E-state index contributed by atoms with van der Waals surface area (Å²) in [5.41, 5.74) is 0.990. The van der Waals surface area contributed by atoms with Gasteiger partial charge in [0.2, 0.25) is 0 Å². The van der Waals surface area contributed by atoms with E-state index in [1.165, 1.54) is 0 Å². The lowest BCUT2D eigenvalue weighted by Crippen LogP contribution is -2.25. The van der Waals surface area contributed by atoms with Gasteiger partial charge < -0.3 is 10.4 Å². The van der Waals surface area contributed by atoms with Crippen LogP contribution >= 0.6 is 0 Å². The molecular formula is C13H20N2O2. The van der Waals surface area contributed by atoms with Crippen molar-refractivity contribution in [2.75, 3.05) is 5.32 Å². The van der Waals surface area contributed by atoms with E-state index in [0.717, 1.165) is 6.42 Å². The maximum Gasteiger partial charge on any atom is 0.335 e. The highest BCUT2D eigenvalue weighted by Crippen LogP contribution is 2.15. The fourth-order valence-electron chi connectivity index (χ4n) is 1.80. The summed E-state index contributed by atoms with van der Waals surface area (Å²) in [5, 5.41) is 12.3. The van der Waals surface area contributed by atoms with Gasteiger partial charge in [-0.15, -0.1) is 0 Å². The van der Waals surface area contributed by atoms with Crippen molar-refractivity contribution in [2.45, 2.75) is 40.2 Å². The lowest BCUT2D eigenvalue weighted by atomic mass is 10.0. The molecule has 0 aliphatic heterocycles. The number of nitrogens with zero attached hydrogens (tertiary/aromatic N) is 1. The summed E-state index contributed by atoms with van der Waals surface area (Å²) in [4.78, 5) is 15.3. The zero-order valence-corrected chi connectivity index (χ0v) is 10.8. The van der Waals surface area contributed by atoms with Gasteiger partial charge >= 0.3 is 5.97 Å². The van der Waals surface area contributed by atoms with Crippen LogP contribution in [-0.4, -0.2) is 22.1 Å². The molecule has 4 nitrogen and oxygen atoms in total.